The molecule has 7 nitrogen and oxygen atoms in total. The number of thiazole rings is 1. The molecule has 2 aromatic carbocycles. The van der Waals surface area contributed by atoms with Gasteiger partial charge >= 0.3 is 0 Å². The Morgan fingerprint density at radius 1 is 1.11 bits per heavy atom. The number of hydrogen-bond donors (Lipinski definition) is 1. The zero-order valence-electron chi connectivity index (χ0n) is 18.0. The van der Waals surface area contributed by atoms with Gasteiger partial charge in [-0.05, 0) is 36.4 Å². The number of furan rings is 1. The molecule has 1 amide bonds. The molecule has 0 aliphatic rings. The molecule has 0 saturated heterocycles. The van der Waals surface area contributed by atoms with Gasteiger partial charge in [-0.3, -0.25) is 9.36 Å². The monoisotopic (exact) mass is 525 g/mol. The lowest BCUT2D eigenvalue weighted by molar-refractivity contribution is 0.0943. The predicted molar refractivity (Wildman–Crippen MR) is 133 cm³/mol. The zero-order valence-corrected chi connectivity index (χ0v) is 20.4. The molecule has 1 N–H and O–H groups in total. The number of nitrogens with one attached hydrogen (secondary N) is 1. The second-order valence-electron chi connectivity index (χ2n) is 7.25. The van der Waals surface area contributed by atoms with Gasteiger partial charge in [0.2, 0.25) is 0 Å². The van der Waals surface area contributed by atoms with E-state index >= 15 is 0 Å². The number of halogens is 2. The summed E-state index contributed by atoms with van der Waals surface area (Å²) in [6.45, 7) is 0.282. The van der Waals surface area contributed by atoms with Gasteiger partial charge in [0.15, 0.2) is 11.0 Å². The Labute approximate surface area is 213 Å². The minimum Gasteiger partial charge on any atom is -0.467 e. The van der Waals surface area contributed by atoms with E-state index in [4.69, 9.17) is 16.0 Å². The molecule has 3 aromatic heterocycles. The van der Waals surface area contributed by atoms with Gasteiger partial charge in [-0.2, -0.15) is 0 Å². The second-order valence-corrected chi connectivity index (χ2v) is 9.54. The number of para-hydroxylation sites is 1. The molecule has 0 aliphatic heterocycles. The number of benzene rings is 2. The average Bonchev–Trinajstić information content (AvgIpc) is 3.63. The number of carbonyl (C=O) groups is 1. The summed E-state index contributed by atoms with van der Waals surface area (Å²) in [7, 11) is 0. The minimum atomic E-state index is -0.410. The van der Waals surface area contributed by atoms with Crippen LogP contribution in [0.2, 0.25) is 5.02 Å². The maximum Gasteiger partial charge on any atom is 0.271 e. The number of rotatable bonds is 8. The Kier molecular flexibility index (Phi) is 6.94. The highest BCUT2D eigenvalue weighted by Crippen LogP contribution is 2.34. The van der Waals surface area contributed by atoms with Crippen LogP contribution in [0, 0.1) is 5.82 Å². The predicted octanol–water partition coefficient (Wildman–Crippen LogP) is 6.00. The minimum absolute atomic E-state index is 0.282. The van der Waals surface area contributed by atoms with E-state index in [2.05, 4.69) is 20.5 Å². The highest BCUT2D eigenvalue weighted by molar-refractivity contribution is 7.98. The molecule has 0 aliphatic carbocycles. The summed E-state index contributed by atoms with van der Waals surface area (Å²) >= 11 is 9.10. The van der Waals surface area contributed by atoms with E-state index in [0.29, 0.717) is 44.5 Å². The van der Waals surface area contributed by atoms with Crippen molar-refractivity contribution in [1.82, 2.24) is 25.1 Å². The largest absolute Gasteiger partial charge is 0.467 e. The van der Waals surface area contributed by atoms with Crippen LogP contribution in [0.25, 0.3) is 17.1 Å². The van der Waals surface area contributed by atoms with Gasteiger partial charge in [0, 0.05) is 10.9 Å². The van der Waals surface area contributed by atoms with Crippen molar-refractivity contribution < 1.29 is 13.6 Å². The molecule has 3 heterocycles. The van der Waals surface area contributed by atoms with Crippen molar-refractivity contribution in [3.05, 3.63) is 99.6 Å². The summed E-state index contributed by atoms with van der Waals surface area (Å²) in [6, 6.07) is 17.2. The molecular formula is C24H17ClFN5O2S2. The molecule has 0 radical (unpaired) electrons. The van der Waals surface area contributed by atoms with Gasteiger partial charge in [-0.1, -0.05) is 47.6 Å². The van der Waals surface area contributed by atoms with Crippen molar-refractivity contribution in [3.63, 3.8) is 0 Å². The smallest absolute Gasteiger partial charge is 0.271 e. The number of carbonyl (C=O) groups excluding carboxylic acids is 1. The van der Waals surface area contributed by atoms with Crippen LogP contribution in [0.1, 0.15) is 21.3 Å². The number of hydrogen-bond acceptors (Lipinski definition) is 7. The average molecular weight is 526 g/mol. The molecule has 0 atom stereocenters. The van der Waals surface area contributed by atoms with Crippen LogP contribution in [0.4, 0.5) is 4.39 Å². The van der Waals surface area contributed by atoms with Crippen LogP contribution in [-0.2, 0) is 12.3 Å². The first-order chi connectivity index (χ1) is 17.1. The van der Waals surface area contributed by atoms with E-state index in [1.807, 2.05) is 18.2 Å². The molecule has 0 saturated carbocycles. The third-order valence-electron chi connectivity index (χ3n) is 4.95. The lowest BCUT2D eigenvalue weighted by Crippen LogP contribution is -2.22. The molecule has 11 heteroatoms. The van der Waals surface area contributed by atoms with Crippen molar-refractivity contribution in [2.45, 2.75) is 17.5 Å². The second kappa shape index (κ2) is 10.4. The molecule has 0 fully saturated rings. The van der Waals surface area contributed by atoms with E-state index in [1.165, 1.54) is 29.2 Å². The van der Waals surface area contributed by atoms with Gasteiger partial charge in [-0.25, -0.2) is 9.37 Å². The third kappa shape index (κ3) is 5.14. The Hall–Kier alpha value is -3.47. The van der Waals surface area contributed by atoms with Crippen LogP contribution in [-0.4, -0.2) is 25.7 Å². The molecular weight excluding hydrogens is 509 g/mol. The SMILES string of the molecule is O=C(NCc1ccco1)c1csc(CSc2nnc(-c3ccccc3Cl)n2-c2ccccc2F)n1. The van der Waals surface area contributed by atoms with Crippen LogP contribution < -0.4 is 5.32 Å². The highest BCUT2D eigenvalue weighted by Gasteiger charge is 2.21. The van der Waals surface area contributed by atoms with Crippen LogP contribution in [0.3, 0.4) is 0 Å². The van der Waals surface area contributed by atoms with Gasteiger partial charge in [0.05, 0.1) is 29.3 Å². The number of amides is 1. The fourth-order valence-electron chi connectivity index (χ4n) is 3.31. The first-order valence-electron chi connectivity index (χ1n) is 10.4. The third-order valence-corrected chi connectivity index (χ3v) is 7.26. The van der Waals surface area contributed by atoms with Gasteiger partial charge in [0.1, 0.15) is 22.3 Å². The Morgan fingerprint density at radius 2 is 1.94 bits per heavy atom. The molecule has 0 unspecified atom stereocenters. The van der Waals surface area contributed by atoms with Crippen molar-refractivity contribution >= 4 is 40.6 Å². The van der Waals surface area contributed by atoms with Gasteiger partial charge in [0.25, 0.3) is 5.91 Å². The molecule has 176 valence electrons. The maximum atomic E-state index is 14.8. The van der Waals surface area contributed by atoms with Crippen molar-refractivity contribution in [2.24, 2.45) is 0 Å². The summed E-state index contributed by atoms with van der Waals surface area (Å²) in [5.74, 6) is 0.814. The lowest BCUT2D eigenvalue weighted by Gasteiger charge is -2.11. The van der Waals surface area contributed by atoms with Crippen molar-refractivity contribution in [1.29, 1.82) is 0 Å². The summed E-state index contributed by atoms with van der Waals surface area (Å²) in [5, 5.41) is 14.8. The van der Waals surface area contributed by atoms with E-state index in [0.717, 1.165) is 5.01 Å². The number of nitrogens with zero attached hydrogens (tertiary/aromatic N) is 4. The first-order valence-corrected chi connectivity index (χ1v) is 12.7. The number of aromatic nitrogens is 4. The topological polar surface area (TPSA) is 85.8 Å². The fraction of sp³-hybridized carbons (Fsp3) is 0.0833. The molecule has 0 bridgehead atoms. The Morgan fingerprint density at radius 3 is 2.74 bits per heavy atom. The van der Waals surface area contributed by atoms with E-state index in [9.17, 15) is 9.18 Å². The van der Waals surface area contributed by atoms with Crippen LogP contribution in [0.5, 0.6) is 0 Å². The summed E-state index contributed by atoms with van der Waals surface area (Å²) < 4.78 is 21.6. The molecule has 0 spiro atoms. The maximum absolute atomic E-state index is 14.8. The van der Waals surface area contributed by atoms with Crippen LogP contribution in [0.15, 0.2) is 81.9 Å². The lowest BCUT2D eigenvalue weighted by atomic mass is 10.2. The zero-order chi connectivity index (χ0) is 24.2. The van der Waals surface area contributed by atoms with Gasteiger partial charge in [-0.15, -0.1) is 21.5 Å². The normalized spacial score (nSPS) is 11.0. The standard InChI is InChI=1S/C24H17ClFN5O2S2/c25-17-8-2-1-7-16(17)22-29-30-24(31(22)20-10-4-3-9-18(20)26)35-14-21-28-19(13-34-21)23(32)27-12-15-6-5-11-33-15/h1-11,13H,12,14H2,(H,27,32). The number of thioether (sulfide) groups is 1. The summed E-state index contributed by atoms with van der Waals surface area (Å²) in [5.41, 5.74) is 1.28. The van der Waals surface area contributed by atoms with E-state index in [1.54, 1.807) is 52.6 Å². The highest BCUT2D eigenvalue weighted by atomic mass is 35.5. The van der Waals surface area contributed by atoms with Crippen molar-refractivity contribution in [3.8, 4) is 17.1 Å². The molecule has 35 heavy (non-hydrogen) atoms. The quantitative estimate of drug-likeness (QED) is 0.250. The van der Waals surface area contributed by atoms with E-state index < -0.39 is 5.82 Å². The van der Waals surface area contributed by atoms with Crippen molar-refractivity contribution in [2.75, 3.05) is 0 Å². The fourth-order valence-corrected chi connectivity index (χ4v) is 5.27. The summed E-state index contributed by atoms with van der Waals surface area (Å²) in [4.78, 5) is 16.8. The summed E-state index contributed by atoms with van der Waals surface area (Å²) in [6.07, 6.45) is 1.55. The van der Waals surface area contributed by atoms with Gasteiger partial charge < -0.3 is 9.73 Å². The first kappa shape index (κ1) is 23.3. The van der Waals surface area contributed by atoms with E-state index in [-0.39, 0.29) is 12.5 Å². The van der Waals surface area contributed by atoms with Crippen LogP contribution >= 0.6 is 34.7 Å². The molecule has 5 aromatic rings. The Bertz CT molecular complexity index is 1470. The Balaban J connectivity index is 1.37. The molecule has 5 rings (SSSR count).